The fourth-order valence-corrected chi connectivity index (χ4v) is 3.33. The van der Waals surface area contributed by atoms with Gasteiger partial charge in [0.1, 0.15) is 11.8 Å². The minimum atomic E-state index is -4.48. The van der Waals surface area contributed by atoms with Crippen molar-refractivity contribution in [2.45, 2.75) is 19.6 Å². The molecule has 0 bridgehead atoms. The van der Waals surface area contributed by atoms with Gasteiger partial charge in [-0.25, -0.2) is 4.98 Å². The number of nitrogen functional groups attached to an aromatic ring is 1. The van der Waals surface area contributed by atoms with Gasteiger partial charge in [-0.05, 0) is 19.1 Å². The number of anilines is 1. The van der Waals surface area contributed by atoms with E-state index < -0.39 is 11.7 Å². The predicted octanol–water partition coefficient (Wildman–Crippen LogP) is 3.95. The summed E-state index contributed by atoms with van der Waals surface area (Å²) in [6.45, 7) is 2.40. The Balaban J connectivity index is 1.97. The highest BCUT2D eigenvalue weighted by atomic mass is 35.5. The molecule has 0 aliphatic carbocycles. The molecule has 0 saturated heterocycles. The monoisotopic (exact) mass is 407 g/mol. The van der Waals surface area contributed by atoms with Crippen LogP contribution in [0.5, 0.6) is 0 Å². The maximum absolute atomic E-state index is 13.0. The highest BCUT2D eigenvalue weighted by molar-refractivity contribution is 6.33. The summed E-state index contributed by atoms with van der Waals surface area (Å²) in [5, 5.41) is 4.04. The van der Waals surface area contributed by atoms with Crippen LogP contribution in [0.4, 0.5) is 19.1 Å². The fourth-order valence-electron chi connectivity index (χ4n) is 3.05. The van der Waals surface area contributed by atoms with E-state index in [2.05, 4.69) is 20.1 Å². The number of aryl methyl sites for hydroxylation is 1. The largest absolute Gasteiger partial charge is 0.416 e. The summed E-state index contributed by atoms with van der Waals surface area (Å²) in [6, 6.07) is 3.22. The molecule has 0 aliphatic rings. The molecule has 7 nitrogen and oxygen atoms in total. The van der Waals surface area contributed by atoms with Crippen LogP contribution in [-0.2, 0) is 12.7 Å². The van der Waals surface area contributed by atoms with Crippen LogP contribution in [0, 0.1) is 0 Å². The lowest BCUT2D eigenvalue weighted by atomic mass is 10.0. The van der Waals surface area contributed by atoms with Gasteiger partial charge in [-0.15, -0.1) is 0 Å². The molecule has 4 aromatic rings. The quantitative estimate of drug-likeness (QED) is 0.555. The summed E-state index contributed by atoms with van der Waals surface area (Å²) in [7, 11) is 0. The van der Waals surface area contributed by atoms with Gasteiger partial charge in [-0.3, -0.25) is 4.98 Å². The third-order valence-corrected chi connectivity index (χ3v) is 4.61. The van der Waals surface area contributed by atoms with Crippen molar-refractivity contribution >= 4 is 28.6 Å². The van der Waals surface area contributed by atoms with Gasteiger partial charge in [-0.1, -0.05) is 17.7 Å². The SMILES string of the molecule is CCn1c(-n2ncnc2N)nc2cncc(-c3ccc(C(F)(F)F)cc3Cl)c21. The van der Waals surface area contributed by atoms with Gasteiger partial charge in [0.25, 0.3) is 0 Å². The fraction of sp³-hybridized carbons (Fsp3) is 0.176. The average Bonchev–Trinajstić information content (AvgIpc) is 3.23. The van der Waals surface area contributed by atoms with Crippen LogP contribution >= 0.6 is 11.6 Å². The Hall–Kier alpha value is -3.14. The van der Waals surface area contributed by atoms with Crippen molar-refractivity contribution in [1.29, 1.82) is 0 Å². The van der Waals surface area contributed by atoms with Gasteiger partial charge in [0, 0.05) is 28.9 Å². The zero-order chi connectivity index (χ0) is 20.1. The number of pyridine rings is 1. The molecule has 1 aromatic carbocycles. The molecular formula is C17H13ClF3N7. The van der Waals surface area contributed by atoms with E-state index in [4.69, 9.17) is 17.3 Å². The number of aromatic nitrogens is 6. The Morgan fingerprint density at radius 1 is 1.18 bits per heavy atom. The molecule has 4 rings (SSSR count). The summed E-state index contributed by atoms with van der Waals surface area (Å²) < 4.78 is 42.1. The summed E-state index contributed by atoms with van der Waals surface area (Å²) >= 11 is 6.19. The Morgan fingerprint density at radius 3 is 2.57 bits per heavy atom. The molecule has 28 heavy (non-hydrogen) atoms. The molecule has 0 aliphatic heterocycles. The molecule has 11 heteroatoms. The van der Waals surface area contributed by atoms with Crippen LogP contribution in [-0.4, -0.2) is 29.3 Å². The van der Waals surface area contributed by atoms with E-state index >= 15 is 0 Å². The minimum absolute atomic E-state index is 0.0326. The van der Waals surface area contributed by atoms with Crippen LogP contribution in [0.3, 0.4) is 0 Å². The van der Waals surface area contributed by atoms with Crippen LogP contribution in [0.15, 0.2) is 36.9 Å². The Labute approximate surface area is 161 Å². The Bertz CT molecular complexity index is 1180. The van der Waals surface area contributed by atoms with Crippen molar-refractivity contribution in [2.75, 3.05) is 5.73 Å². The Kier molecular flexibility index (Phi) is 4.22. The van der Waals surface area contributed by atoms with E-state index in [9.17, 15) is 13.2 Å². The topological polar surface area (TPSA) is 87.4 Å². The van der Waals surface area contributed by atoms with Gasteiger partial charge in [0.15, 0.2) is 0 Å². The summed E-state index contributed by atoms with van der Waals surface area (Å²) in [5.41, 5.74) is 7.18. The third-order valence-electron chi connectivity index (χ3n) is 4.30. The summed E-state index contributed by atoms with van der Waals surface area (Å²) in [4.78, 5) is 12.6. The third kappa shape index (κ3) is 2.85. The molecule has 0 atom stereocenters. The minimum Gasteiger partial charge on any atom is -0.368 e. The van der Waals surface area contributed by atoms with Gasteiger partial charge in [0.2, 0.25) is 11.9 Å². The van der Waals surface area contributed by atoms with Crippen molar-refractivity contribution in [1.82, 2.24) is 29.3 Å². The number of nitrogens with zero attached hydrogens (tertiary/aromatic N) is 6. The van der Waals surface area contributed by atoms with Crippen LogP contribution < -0.4 is 5.73 Å². The second kappa shape index (κ2) is 6.48. The first-order valence-corrected chi connectivity index (χ1v) is 8.56. The van der Waals surface area contributed by atoms with Crippen molar-refractivity contribution in [3.63, 3.8) is 0 Å². The number of halogens is 4. The zero-order valence-corrected chi connectivity index (χ0v) is 15.2. The van der Waals surface area contributed by atoms with E-state index in [0.717, 1.165) is 12.1 Å². The molecule has 0 unspecified atom stereocenters. The molecule has 0 spiro atoms. The lowest BCUT2D eigenvalue weighted by Crippen LogP contribution is -2.10. The molecule has 3 heterocycles. The maximum atomic E-state index is 13.0. The molecule has 0 fully saturated rings. The number of fused-ring (bicyclic) bond motifs is 1. The Morgan fingerprint density at radius 2 is 1.96 bits per heavy atom. The molecular weight excluding hydrogens is 395 g/mol. The average molecular weight is 408 g/mol. The van der Waals surface area contributed by atoms with Crippen molar-refractivity contribution in [3.05, 3.63) is 47.5 Å². The van der Waals surface area contributed by atoms with Gasteiger partial charge in [-0.2, -0.15) is 27.9 Å². The van der Waals surface area contributed by atoms with Gasteiger partial charge < -0.3 is 10.3 Å². The lowest BCUT2D eigenvalue weighted by Gasteiger charge is -2.12. The normalized spacial score (nSPS) is 12.0. The van der Waals surface area contributed by atoms with E-state index in [1.807, 2.05) is 11.5 Å². The second-order valence-electron chi connectivity index (χ2n) is 5.93. The van der Waals surface area contributed by atoms with Crippen LogP contribution in [0.25, 0.3) is 28.1 Å². The predicted molar refractivity (Wildman–Crippen MR) is 98.0 cm³/mol. The highest BCUT2D eigenvalue weighted by Gasteiger charge is 2.31. The zero-order valence-electron chi connectivity index (χ0n) is 14.4. The molecule has 144 valence electrons. The first-order valence-electron chi connectivity index (χ1n) is 8.18. The number of hydrogen-bond donors (Lipinski definition) is 1. The summed E-state index contributed by atoms with van der Waals surface area (Å²) in [5.74, 6) is 0.580. The molecule has 0 saturated carbocycles. The number of nitrogens with two attached hydrogens (primary N) is 1. The first-order chi connectivity index (χ1) is 13.3. The van der Waals surface area contributed by atoms with E-state index in [1.165, 1.54) is 17.1 Å². The highest BCUT2D eigenvalue weighted by Crippen LogP contribution is 2.38. The smallest absolute Gasteiger partial charge is 0.368 e. The van der Waals surface area contributed by atoms with Crippen LogP contribution in [0.2, 0.25) is 5.02 Å². The van der Waals surface area contributed by atoms with Gasteiger partial charge >= 0.3 is 6.18 Å². The lowest BCUT2D eigenvalue weighted by molar-refractivity contribution is -0.137. The summed E-state index contributed by atoms with van der Waals surface area (Å²) in [6.07, 6.45) is -0.0747. The number of imidazole rings is 1. The van der Waals surface area contributed by atoms with Crippen LogP contribution in [0.1, 0.15) is 12.5 Å². The first kappa shape index (κ1) is 18.2. The van der Waals surface area contributed by atoms with Crippen molar-refractivity contribution in [2.24, 2.45) is 0 Å². The van der Waals surface area contributed by atoms with E-state index in [0.29, 0.717) is 34.7 Å². The number of rotatable bonds is 3. The number of benzene rings is 1. The maximum Gasteiger partial charge on any atom is 0.416 e. The number of alkyl halides is 3. The number of hydrogen-bond acceptors (Lipinski definition) is 5. The molecule has 0 amide bonds. The van der Waals surface area contributed by atoms with E-state index in [-0.39, 0.29) is 11.0 Å². The standard InChI is InChI=1S/C17H13ClF3N7/c1-2-27-14-11(10-4-3-9(5-12(10)18)17(19,20)21)6-23-7-13(14)26-16(27)28-15(22)24-8-25-28/h3-8H,2H2,1H3,(H2,22,24,25). The molecule has 0 radical (unpaired) electrons. The van der Waals surface area contributed by atoms with E-state index in [1.54, 1.807) is 12.4 Å². The molecule has 3 aromatic heterocycles. The second-order valence-corrected chi connectivity index (χ2v) is 6.34. The van der Waals surface area contributed by atoms with Crippen molar-refractivity contribution < 1.29 is 13.2 Å². The molecule has 2 N–H and O–H groups in total. The van der Waals surface area contributed by atoms with Crippen molar-refractivity contribution in [3.8, 4) is 17.1 Å². The van der Waals surface area contributed by atoms with Gasteiger partial charge in [0.05, 0.1) is 17.3 Å².